The van der Waals surface area contributed by atoms with E-state index in [0.717, 1.165) is 13.0 Å². The average Bonchev–Trinajstić information content (AvgIpc) is 2.83. The number of carbonyl (C=O) groups is 1. The first-order valence-corrected chi connectivity index (χ1v) is 5.68. The van der Waals surface area contributed by atoms with E-state index in [2.05, 4.69) is 6.92 Å². The van der Waals surface area contributed by atoms with E-state index in [-0.39, 0.29) is 18.6 Å². The third-order valence-electron chi connectivity index (χ3n) is 3.49. The van der Waals surface area contributed by atoms with Gasteiger partial charge >= 0.3 is 0 Å². The van der Waals surface area contributed by atoms with Crippen molar-refractivity contribution in [3.05, 3.63) is 24.0 Å². The van der Waals surface area contributed by atoms with Crippen LogP contribution in [0.3, 0.4) is 0 Å². The summed E-state index contributed by atoms with van der Waals surface area (Å²) in [7, 11) is 1.86. The lowest BCUT2D eigenvalue weighted by atomic mass is 10.0. The molecule has 16 heavy (non-hydrogen) atoms. The Hall–Kier alpha value is -1.29. The second-order valence-electron chi connectivity index (χ2n) is 4.52. The van der Waals surface area contributed by atoms with Crippen molar-refractivity contribution in [2.24, 2.45) is 13.0 Å². The number of aryl methyl sites for hydroxylation is 1. The standard InChI is InChI=1S/C12H18N2O2/c1-9-5-7-14(11(9)8-15)12(16)10-4-3-6-13(10)2/h3-4,6,9,11,15H,5,7-8H2,1-2H3. The molecule has 0 saturated carbocycles. The lowest BCUT2D eigenvalue weighted by Crippen LogP contribution is -2.40. The van der Waals surface area contributed by atoms with Gasteiger partial charge in [0.1, 0.15) is 5.69 Å². The van der Waals surface area contributed by atoms with Crippen molar-refractivity contribution >= 4 is 5.91 Å². The second kappa shape index (κ2) is 4.29. The monoisotopic (exact) mass is 222 g/mol. The number of aliphatic hydroxyl groups excluding tert-OH is 1. The Morgan fingerprint density at radius 2 is 2.38 bits per heavy atom. The van der Waals surface area contributed by atoms with Crippen LogP contribution in [-0.2, 0) is 7.05 Å². The molecule has 0 spiro atoms. The summed E-state index contributed by atoms with van der Waals surface area (Å²) in [5.74, 6) is 0.408. The fraction of sp³-hybridized carbons (Fsp3) is 0.583. The van der Waals surface area contributed by atoms with Gasteiger partial charge in [0, 0.05) is 19.8 Å². The number of nitrogens with zero attached hydrogens (tertiary/aromatic N) is 2. The van der Waals surface area contributed by atoms with Crippen molar-refractivity contribution in [2.75, 3.05) is 13.2 Å². The first kappa shape index (κ1) is 11.2. The van der Waals surface area contributed by atoms with E-state index in [1.807, 2.05) is 29.9 Å². The maximum Gasteiger partial charge on any atom is 0.270 e. The number of carbonyl (C=O) groups excluding carboxylic acids is 1. The smallest absolute Gasteiger partial charge is 0.270 e. The summed E-state index contributed by atoms with van der Waals surface area (Å²) in [4.78, 5) is 14.0. The lowest BCUT2D eigenvalue weighted by Gasteiger charge is -2.25. The van der Waals surface area contributed by atoms with E-state index < -0.39 is 0 Å². The van der Waals surface area contributed by atoms with Gasteiger partial charge in [0.05, 0.1) is 12.6 Å². The van der Waals surface area contributed by atoms with Gasteiger partial charge in [-0.3, -0.25) is 4.79 Å². The van der Waals surface area contributed by atoms with Gasteiger partial charge in [0.25, 0.3) is 5.91 Å². The summed E-state index contributed by atoms with van der Waals surface area (Å²) >= 11 is 0. The summed E-state index contributed by atoms with van der Waals surface area (Å²) in [5.41, 5.74) is 0.688. The number of hydrogen-bond donors (Lipinski definition) is 1. The van der Waals surface area contributed by atoms with Gasteiger partial charge in [0.2, 0.25) is 0 Å². The van der Waals surface area contributed by atoms with E-state index in [1.165, 1.54) is 0 Å². The van der Waals surface area contributed by atoms with Gasteiger partial charge in [-0.2, -0.15) is 0 Å². The molecule has 0 aliphatic carbocycles. The molecule has 1 saturated heterocycles. The summed E-state index contributed by atoms with van der Waals surface area (Å²) in [6.07, 6.45) is 2.84. The van der Waals surface area contributed by atoms with E-state index >= 15 is 0 Å². The van der Waals surface area contributed by atoms with Crippen LogP contribution in [0.15, 0.2) is 18.3 Å². The van der Waals surface area contributed by atoms with Crippen molar-refractivity contribution in [2.45, 2.75) is 19.4 Å². The van der Waals surface area contributed by atoms with Crippen molar-refractivity contribution in [3.63, 3.8) is 0 Å². The summed E-state index contributed by atoms with van der Waals surface area (Å²) < 4.78 is 1.82. The van der Waals surface area contributed by atoms with Crippen LogP contribution in [-0.4, -0.2) is 39.7 Å². The SMILES string of the molecule is CC1CCN(C(=O)c2cccn2C)C1CO. The van der Waals surface area contributed by atoms with Gasteiger partial charge in [-0.25, -0.2) is 0 Å². The molecule has 0 aromatic carbocycles. The zero-order chi connectivity index (χ0) is 11.7. The molecule has 2 rings (SSSR count). The molecule has 1 aromatic heterocycles. The highest BCUT2D eigenvalue weighted by Crippen LogP contribution is 2.25. The molecule has 1 amide bonds. The van der Waals surface area contributed by atoms with Crippen LogP contribution in [0.1, 0.15) is 23.8 Å². The molecular formula is C12H18N2O2. The van der Waals surface area contributed by atoms with Crippen molar-refractivity contribution in [1.82, 2.24) is 9.47 Å². The number of rotatable bonds is 2. The fourth-order valence-corrected chi connectivity index (χ4v) is 2.37. The fourth-order valence-electron chi connectivity index (χ4n) is 2.37. The summed E-state index contributed by atoms with van der Waals surface area (Å²) in [5, 5.41) is 9.32. The van der Waals surface area contributed by atoms with E-state index in [0.29, 0.717) is 11.6 Å². The largest absolute Gasteiger partial charge is 0.394 e. The molecular weight excluding hydrogens is 204 g/mol. The van der Waals surface area contributed by atoms with Gasteiger partial charge in [-0.1, -0.05) is 6.92 Å². The molecule has 4 heteroatoms. The Balaban J connectivity index is 2.20. The Labute approximate surface area is 95.5 Å². The van der Waals surface area contributed by atoms with Gasteiger partial charge < -0.3 is 14.6 Å². The highest BCUT2D eigenvalue weighted by Gasteiger charge is 2.34. The number of aliphatic hydroxyl groups is 1. The normalized spacial score (nSPS) is 25.1. The molecule has 2 atom stereocenters. The van der Waals surface area contributed by atoms with Crippen LogP contribution in [0.25, 0.3) is 0 Å². The molecule has 1 fully saturated rings. The van der Waals surface area contributed by atoms with Crippen LogP contribution in [0.4, 0.5) is 0 Å². The predicted molar refractivity (Wildman–Crippen MR) is 61.1 cm³/mol. The third-order valence-corrected chi connectivity index (χ3v) is 3.49. The molecule has 1 aliphatic rings. The van der Waals surface area contributed by atoms with E-state index in [4.69, 9.17) is 0 Å². The van der Waals surface area contributed by atoms with Crippen LogP contribution >= 0.6 is 0 Å². The minimum absolute atomic E-state index is 0.0240. The third kappa shape index (κ3) is 1.73. The molecule has 1 aliphatic heterocycles. The molecule has 0 radical (unpaired) electrons. The van der Waals surface area contributed by atoms with Crippen LogP contribution in [0.2, 0.25) is 0 Å². The second-order valence-corrected chi connectivity index (χ2v) is 4.52. The summed E-state index contributed by atoms with van der Waals surface area (Å²) in [6.45, 7) is 2.88. The Morgan fingerprint density at radius 1 is 1.62 bits per heavy atom. The molecule has 0 bridgehead atoms. The van der Waals surface area contributed by atoms with Crippen molar-refractivity contribution in [1.29, 1.82) is 0 Å². The van der Waals surface area contributed by atoms with Gasteiger partial charge in [-0.05, 0) is 24.5 Å². The quantitative estimate of drug-likeness (QED) is 0.807. The van der Waals surface area contributed by atoms with E-state index in [9.17, 15) is 9.90 Å². The average molecular weight is 222 g/mol. The minimum atomic E-state index is -0.0256. The molecule has 2 heterocycles. The minimum Gasteiger partial charge on any atom is -0.394 e. The topological polar surface area (TPSA) is 45.5 Å². The zero-order valence-electron chi connectivity index (χ0n) is 9.76. The molecule has 1 N–H and O–H groups in total. The van der Waals surface area contributed by atoms with Crippen LogP contribution in [0.5, 0.6) is 0 Å². The van der Waals surface area contributed by atoms with Gasteiger partial charge in [-0.15, -0.1) is 0 Å². The zero-order valence-corrected chi connectivity index (χ0v) is 9.76. The number of aromatic nitrogens is 1. The first-order valence-electron chi connectivity index (χ1n) is 5.68. The van der Waals surface area contributed by atoms with Crippen molar-refractivity contribution in [3.8, 4) is 0 Å². The molecule has 4 nitrogen and oxygen atoms in total. The van der Waals surface area contributed by atoms with Crippen LogP contribution in [0, 0.1) is 5.92 Å². The Kier molecular flexibility index (Phi) is 3.01. The highest BCUT2D eigenvalue weighted by atomic mass is 16.3. The number of amides is 1. The first-order chi connectivity index (χ1) is 7.65. The number of hydrogen-bond acceptors (Lipinski definition) is 2. The lowest BCUT2D eigenvalue weighted by molar-refractivity contribution is 0.0639. The maximum absolute atomic E-state index is 12.2. The molecule has 88 valence electrons. The maximum atomic E-state index is 12.2. The Morgan fingerprint density at radius 3 is 2.94 bits per heavy atom. The van der Waals surface area contributed by atoms with E-state index in [1.54, 1.807) is 4.90 Å². The summed E-state index contributed by atoms with van der Waals surface area (Å²) in [6, 6.07) is 3.66. The molecule has 2 unspecified atom stereocenters. The van der Waals surface area contributed by atoms with Crippen LogP contribution < -0.4 is 0 Å². The van der Waals surface area contributed by atoms with Gasteiger partial charge in [0.15, 0.2) is 0 Å². The highest BCUT2D eigenvalue weighted by molar-refractivity contribution is 5.93. The predicted octanol–water partition coefficient (Wildman–Crippen LogP) is 0.868. The van der Waals surface area contributed by atoms with Crippen molar-refractivity contribution < 1.29 is 9.90 Å². The molecule has 1 aromatic rings. The Bertz CT molecular complexity index is 386. The number of likely N-dealkylation sites (tertiary alicyclic amines) is 1.